The highest BCUT2D eigenvalue weighted by Gasteiger charge is 2.15. The second-order valence-corrected chi connectivity index (χ2v) is 7.85. The van der Waals surface area contributed by atoms with Gasteiger partial charge in [-0.2, -0.15) is 23.8 Å². The third-order valence-electron chi connectivity index (χ3n) is 4.33. The molecule has 0 amide bonds. The third kappa shape index (κ3) is 5.09. The van der Waals surface area contributed by atoms with Crippen LogP contribution in [-0.2, 0) is 0 Å². The first-order chi connectivity index (χ1) is 15.0. The molecule has 0 bridgehead atoms. The molecule has 10 heteroatoms. The fraction of sp³-hybridized carbons (Fsp3) is 0.190. The summed E-state index contributed by atoms with van der Waals surface area (Å²) < 4.78 is 26.8. The van der Waals surface area contributed by atoms with Gasteiger partial charge in [0.2, 0.25) is 5.95 Å². The molecular formula is C21H20F2N6OS. The van der Waals surface area contributed by atoms with Gasteiger partial charge in [-0.1, -0.05) is 30.0 Å². The molecule has 31 heavy (non-hydrogen) atoms. The number of benzene rings is 2. The van der Waals surface area contributed by atoms with Crippen LogP contribution < -0.4 is 10.6 Å². The van der Waals surface area contributed by atoms with Crippen LogP contribution in [0.15, 0.2) is 65.7 Å². The number of nitrogens with zero attached hydrogens (tertiary/aromatic N) is 4. The number of nitrogens with one attached hydrogen (secondary N) is 2. The molecule has 0 fully saturated rings. The Labute approximate surface area is 181 Å². The van der Waals surface area contributed by atoms with Gasteiger partial charge in [-0.3, -0.25) is 0 Å². The number of aliphatic hydroxyl groups is 1. The van der Waals surface area contributed by atoms with E-state index in [9.17, 15) is 13.9 Å². The van der Waals surface area contributed by atoms with Crippen LogP contribution in [0.1, 0.15) is 6.92 Å². The molecule has 0 radical (unpaired) electrons. The van der Waals surface area contributed by atoms with Crippen molar-refractivity contribution in [1.29, 1.82) is 0 Å². The molecule has 0 aliphatic rings. The van der Waals surface area contributed by atoms with Crippen molar-refractivity contribution in [3.8, 4) is 5.69 Å². The minimum Gasteiger partial charge on any atom is -0.392 e. The molecule has 2 aromatic carbocycles. The van der Waals surface area contributed by atoms with Crippen molar-refractivity contribution in [2.24, 2.45) is 0 Å². The number of aliphatic hydroxyl groups excluding tert-OH is 1. The van der Waals surface area contributed by atoms with Crippen molar-refractivity contribution in [1.82, 2.24) is 19.7 Å². The molecule has 1 unspecified atom stereocenters. The summed E-state index contributed by atoms with van der Waals surface area (Å²) in [7, 11) is 0. The van der Waals surface area contributed by atoms with E-state index >= 15 is 0 Å². The fourth-order valence-electron chi connectivity index (χ4n) is 2.94. The molecule has 0 aliphatic heterocycles. The van der Waals surface area contributed by atoms with Gasteiger partial charge in [0.25, 0.3) is 5.76 Å². The van der Waals surface area contributed by atoms with Gasteiger partial charge >= 0.3 is 0 Å². The maximum Gasteiger partial charge on any atom is 0.288 e. The largest absolute Gasteiger partial charge is 0.392 e. The van der Waals surface area contributed by atoms with E-state index in [0.29, 0.717) is 45.1 Å². The summed E-state index contributed by atoms with van der Waals surface area (Å²) in [6, 6.07) is 16.3. The first-order valence-corrected chi connectivity index (χ1v) is 10.4. The van der Waals surface area contributed by atoms with Gasteiger partial charge in [0, 0.05) is 17.1 Å². The van der Waals surface area contributed by atoms with E-state index in [0.717, 1.165) is 5.69 Å². The maximum absolute atomic E-state index is 12.6. The van der Waals surface area contributed by atoms with Crippen LogP contribution in [-0.4, -0.2) is 43.3 Å². The summed E-state index contributed by atoms with van der Waals surface area (Å²) in [6.07, 6.45) is 1.10. The number of thioether (sulfide) groups is 1. The number of aromatic nitrogens is 4. The van der Waals surface area contributed by atoms with Crippen molar-refractivity contribution >= 4 is 40.2 Å². The third-order valence-corrected chi connectivity index (χ3v) is 5.05. The molecule has 7 nitrogen and oxygen atoms in total. The molecule has 1 atom stereocenters. The lowest BCUT2D eigenvalue weighted by Gasteiger charge is -2.12. The van der Waals surface area contributed by atoms with E-state index in [1.165, 1.54) is 0 Å². The summed E-state index contributed by atoms with van der Waals surface area (Å²) in [5, 5.41) is 21.0. The Hall–Kier alpha value is -3.24. The Bertz CT molecular complexity index is 1150. The predicted molar refractivity (Wildman–Crippen MR) is 118 cm³/mol. The average Bonchev–Trinajstić information content (AvgIpc) is 3.18. The Kier molecular flexibility index (Phi) is 6.28. The zero-order valence-corrected chi connectivity index (χ0v) is 17.4. The summed E-state index contributed by atoms with van der Waals surface area (Å²) in [5.41, 5.74) is 2.12. The normalized spacial score (nSPS) is 12.3. The van der Waals surface area contributed by atoms with Crippen LogP contribution in [0.25, 0.3) is 16.7 Å². The minimum atomic E-state index is -2.47. The molecule has 160 valence electrons. The van der Waals surface area contributed by atoms with Crippen molar-refractivity contribution in [3.05, 3.63) is 60.8 Å². The van der Waals surface area contributed by atoms with Crippen molar-refractivity contribution < 1.29 is 13.9 Å². The Morgan fingerprint density at radius 3 is 2.48 bits per heavy atom. The number of hydrogen-bond donors (Lipinski definition) is 3. The number of halogens is 2. The SMILES string of the molecule is CC(O)CNc1nc(Nc2ccc(SC(F)F)cc2)c2cnn(-c3ccccc3)c2n1. The first-order valence-electron chi connectivity index (χ1n) is 9.54. The molecule has 4 rings (SSSR count). The summed E-state index contributed by atoms with van der Waals surface area (Å²) in [6.45, 7) is 1.95. The van der Waals surface area contributed by atoms with Gasteiger partial charge in [0.15, 0.2) is 5.65 Å². The van der Waals surface area contributed by atoms with Crippen LogP contribution in [0.4, 0.5) is 26.2 Å². The molecule has 4 aromatic rings. The highest BCUT2D eigenvalue weighted by Crippen LogP contribution is 2.29. The fourth-order valence-corrected chi connectivity index (χ4v) is 3.43. The Balaban J connectivity index is 1.71. The highest BCUT2D eigenvalue weighted by atomic mass is 32.2. The maximum atomic E-state index is 12.6. The summed E-state index contributed by atoms with van der Waals surface area (Å²) in [5.74, 6) is -1.63. The van der Waals surface area contributed by atoms with E-state index < -0.39 is 11.9 Å². The van der Waals surface area contributed by atoms with Gasteiger partial charge in [-0.15, -0.1) is 0 Å². The van der Waals surface area contributed by atoms with E-state index in [4.69, 9.17) is 0 Å². The van der Waals surface area contributed by atoms with Crippen LogP contribution in [0, 0.1) is 0 Å². The van der Waals surface area contributed by atoms with Gasteiger partial charge in [0.1, 0.15) is 5.82 Å². The lowest BCUT2D eigenvalue weighted by Crippen LogP contribution is -2.17. The second kappa shape index (κ2) is 9.27. The standard InChI is InChI=1S/C21H20F2N6OS/c1-13(30)11-24-21-27-18(26-14-7-9-16(10-8-14)31-20(22)23)17-12-25-29(19(17)28-21)15-5-3-2-4-6-15/h2-10,12-13,20,30H,11H2,1H3,(H2,24,26,27,28). The van der Waals surface area contributed by atoms with E-state index in [2.05, 4.69) is 25.7 Å². The van der Waals surface area contributed by atoms with E-state index in [1.54, 1.807) is 42.1 Å². The number of para-hydroxylation sites is 1. The first kappa shape index (κ1) is 21.0. The van der Waals surface area contributed by atoms with Gasteiger partial charge in [-0.05, 0) is 43.3 Å². The quantitative estimate of drug-likeness (QED) is 0.342. The highest BCUT2D eigenvalue weighted by molar-refractivity contribution is 7.99. The monoisotopic (exact) mass is 442 g/mol. The second-order valence-electron chi connectivity index (χ2n) is 6.78. The minimum absolute atomic E-state index is 0.282. The van der Waals surface area contributed by atoms with Crippen LogP contribution >= 0.6 is 11.8 Å². The summed E-state index contributed by atoms with van der Waals surface area (Å²) in [4.78, 5) is 9.57. The van der Waals surface area contributed by atoms with Crippen molar-refractivity contribution in [2.75, 3.05) is 17.2 Å². The molecule has 2 heterocycles. The zero-order chi connectivity index (χ0) is 21.8. The van der Waals surface area contributed by atoms with Gasteiger partial charge < -0.3 is 15.7 Å². The number of alkyl halides is 2. The Morgan fingerprint density at radius 2 is 1.81 bits per heavy atom. The summed E-state index contributed by atoms with van der Waals surface area (Å²) >= 11 is 0.495. The lowest BCUT2D eigenvalue weighted by atomic mass is 10.3. The lowest BCUT2D eigenvalue weighted by molar-refractivity contribution is 0.208. The van der Waals surface area contributed by atoms with Crippen LogP contribution in [0.2, 0.25) is 0 Å². The number of fused-ring (bicyclic) bond motifs is 1. The average molecular weight is 442 g/mol. The smallest absolute Gasteiger partial charge is 0.288 e. The van der Waals surface area contributed by atoms with Crippen molar-refractivity contribution in [2.45, 2.75) is 23.7 Å². The van der Waals surface area contributed by atoms with Gasteiger partial charge in [-0.25, -0.2) is 4.68 Å². The van der Waals surface area contributed by atoms with Crippen LogP contribution in [0.5, 0.6) is 0 Å². The number of anilines is 3. The molecule has 0 aliphatic carbocycles. The van der Waals surface area contributed by atoms with Crippen LogP contribution in [0.3, 0.4) is 0 Å². The molecule has 3 N–H and O–H groups in total. The van der Waals surface area contributed by atoms with Gasteiger partial charge in [0.05, 0.1) is 23.4 Å². The molecule has 0 spiro atoms. The topological polar surface area (TPSA) is 87.9 Å². The number of hydrogen-bond acceptors (Lipinski definition) is 7. The molecule has 0 saturated carbocycles. The van der Waals surface area contributed by atoms with E-state index in [1.807, 2.05) is 30.3 Å². The zero-order valence-electron chi connectivity index (χ0n) is 16.5. The van der Waals surface area contributed by atoms with E-state index in [-0.39, 0.29) is 6.54 Å². The van der Waals surface area contributed by atoms with Crippen molar-refractivity contribution in [3.63, 3.8) is 0 Å². The number of rotatable bonds is 8. The Morgan fingerprint density at radius 1 is 1.06 bits per heavy atom. The predicted octanol–water partition coefficient (Wildman–Crippen LogP) is 4.67. The molecule has 0 saturated heterocycles. The molecule has 2 aromatic heterocycles. The molecular weight excluding hydrogens is 422 g/mol.